The molecule has 1 aromatic carbocycles. The van der Waals surface area contributed by atoms with Crippen molar-refractivity contribution in [2.24, 2.45) is 0 Å². The summed E-state index contributed by atoms with van der Waals surface area (Å²) < 4.78 is 4.46. The highest BCUT2D eigenvalue weighted by Gasteiger charge is 2.28. The summed E-state index contributed by atoms with van der Waals surface area (Å²) in [5.74, 6) is -1.02. The molecule has 0 N–H and O–H groups in total. The summed E-state index contributed by atoms with van der Waals surface area (Å²) in [5.41, 5.74) is 0.910. The molecule has 0 saturated carbocycles. The zero-order chi connectivity index (χ0) is 10.8. The zero-order valence-electron chi connectivity index (χ0n) is 7.90. The van der Waals surface area contributed by atoms with Crippen LogP contribution in [0.15, 0.2) is 24.3 Å². The van der Waals surface area contributed by atoms with Crippen LogP contribution in [0.1, 0.15) is 24.3 Å². The van der Waals surface area contributed by atoms with Crippen molar-refractivity contribution in [2.75, 3.05) is 0 Å². The minimum Gasteiger partial charge on any atom is -0.393 e. The molecule has 1 saturated heterocycles. The Kier molecular flexibility index (Phi) is 2.73. The minimum atomic E-state index is -0.462. The van der Waals surface area contributed by atoms with Gasteiger partial charge in [-0.1, -0.05) is 23.7 Å². The van der Waals surface area contributed by atoms with Crippen molar-refractivity contribution in [3.05, 3.63) is 34.9 Å². The van der Waals surface area contributed by atoms with E-state index in [0.29, 0.717) is 5.02 Å². The molecule has 4 heteroatoms. The molecule has 0 radical (unpaired) electrons. The standard InChI is InChI=1S/C11H9ClO3/c12-9-3-1-2-7(4-9)8-5-10(13)15-11(14)6-8/h1-4,8H,5-6H2. The van der Waals surface area contributed by atoms with Crippen LogP contribution in [0.3, 0.4) is 0 Å². The van der Waals surface area contributed by atoms with Crippen LogP contribution in [0, 0.1) is 0 Å². The maximum absolute atomic E-state index is 11.1. The normalized spacial score (nSPS) is 17.7. The second-order valence-corrected chi connectivity index (χ2v) is 3.94. The van der Waals surface area contributed by atoms with Gasteiger partial charge in [-0.3, -0.25) is 9.59 Å². The summed E-state index contributed by atoms with van der Waals surface area (Å²) in [6.07, 6.45) is 0.484. The number of hydrogen-bond acceptors (Lipinski definition) is 3. The Hall–Kier alpha value is -1.35. The summed E-state index contributed by atoms with van der Waals surface area (Å²) in [4.78, 5) is 22.1. The Morgan fingerprint density at radius 3 is 2.47 bits per heavy atom. The molecule has 1 aliphatic heterocycles. The van der Waals surface area contributed by atoms with Crippen LogP contribution in [0.4, 0.5) is 0 Å². The number of halogens is 1. The summed E-state index contributed by atoms with van der Waals surface area (Å²) in [6, 6.07) is 7.20. The van der Waals surface area contributed by atoms with Crippen LogP contribution >= 0.6 is 11.6 Å². The third-order valence-corrected chi connectivity index (χ3v) is 2.61. The highest BCUT2D eigenvalue weighted by molar-refractivity contribution is 6.30. The van der Waals surface area contributed by atoms with Crippen molar-refractivity contribution >= 4 is 23.5 Å². The third kappa shape index (κ3) is 2.36. The summed E-state index contributed by atoms with van der Waals surface area (Å²) in [6.45, 7) is 0. The number of rotatable bonds is 1. The van der Waals surface area contributed by atoms with Crippen LogP contribution in [0.5, 0.6) is 0 Å². The molecule has 15 heavy (non-hydrogen) atoms. The molecule has 78 valence electrons. The van der Waals surface area contributed by atoms with Crippen molar-refractivity contribution in [3.63, 3.8) is 0 Å². The SMILES string of the molecule is O=C1CC(c2cccc(Cl)c2)CC(=O)O1. The number of carbonyl (C=O) groups excluding carboxylic acids is 2. The minimum absolute atomic E-state index is 0.0996. The molecule has 0 spiro atoms. The van der Waals surface area contributed by atoms with Crippen molar-refractivity contribution in [2.45, 2.75) is 18.8 Å². The maximum Gasteiger partial charge on any atom is 0.314 e. The first kappa shape index (κ1) is 10.2. The molecule has 0 atom stereocenters. The van der Waals surface area contributed by atoms with E-state index in [9.17, 15) is 9.59 Å². The Morgan fingerprint density at radius 1 is 1.20 bits per heavy atom. The van der Waals surface area contributed by atoms with Gasteiger partial charge in [-0.05, 0) is 17.7 Å². The van der Waals surface area contributed by atoms with E-state index >= 15 is 0 Å². The van der Waals surface area contributed by atoms with Gasteiger partial charge in [-0.15, -0.1) is 0 Å². The molecular weight excluding hydrogens is 216 g/mol. The average molecular weight is 225 g/mol. The molecule has 1 aliphatic rings. The fourth-order valence-electron chi connectivity index (χ4n) is 1.68. The van der Waals surface area contributed by atoms with Gasteiger partial charge in [0.2, 0.25) is 0 Å². The third-order valence-electron chi connectivity index (χ3n) is 2.37. The van der Waals surface area contributed by atoms with Crippen LogP contribution in [-0.2, 0) is 14.3 Å². The van der Waals surface area contributed by atoms with E-state index in [1.54, 1.807) is 12.1 Å². The van der Waals surface area contributed by atoms with Crippen molar-refractivity contribution in [1.29, 1.82) is 0 Å². The van der Waals surface area contributed by atoms with E-state index in [4.69, 9.17) is 11.6 Å². The van der Waals surface area contributed by atoms with Crippen molar-refractivity contribution in [3.8, 4) is 0 Å². The van der Waals surface area contributed by atoms with Crippen molar-refractivity contribution < 1.29 is 14.3 Å². The van der Waals surface area contributed by atoms with E-state index in [2.05, 4.69) is 4.74 Å². The first-order chi connectivity index (χ1) is 7.15. The van der Waals surface area contributed by atoms with E-state index < -0.39 is 11.9 Å². The van der Waals surface area contributed by atoms with E-state index in [1.807, 2.05) is 12.1 Å². The van der Waals surface area contributed by atoms with Gasteiger partial charge in [0.05, 0.1) is 12.8 Å². The van der Waals surface area contributed by atoms with Gasteiger partial charge in [0.15, 0.2) is 0 Å². The molecular formula is C11H9ClO3. The van der Waals surface area contributed by atoms with E-state index in [1.165, 1.54) is 0 Å². The smallest absolute Gasteiger partial charge is 0.314 e. The molecule has 2 rings (SSSR count). The molecule has 1 aromatic rings. The fourth-order valence-corrected chi connectivity index (χ4v) is 1.88. The number of carbonyl (C=O) groups is 2. The number of hydrogen-bond donors (Lipinski definition) is 0. The van der Waals surface area contributed by atoms with Gasteiger partial charge in [-0.2, -0.15) is 0 Å². The lowest BCUT2D eigenvalue weighted by Crippen LogP contribution is -2.24. The number of esters is 2. The van der Waals surface area contributed by atoms with Gasteiger partial charge >= 0.3 is 11.9 Å². The summed E-state index contributed by atoms with van der Waals surface area (Å²) in [7, 11) is 0. The maximum atomic E-state index is 11.1. The summed E-state index contributed by atoms with van der Waals surface area (Å²) in [5, 5.41) is 0.610. The quantitative estimate of drug-likeness (QED) is 0.543. The second kappa shape index (κ2) is 4.03. The largest absolute Gasteiger partial charge is 0.393 e. The molecule has 0 bridgehead atoms. The van der Waals surface area contributed by atoms with Crippen LogP contribution < -0.4 is 0 Å². The Morgan fingerprint density at radius 2 is 1.87 bits per heavy atom. The Balaban J connectivity index is 2.23. The molecule has 0 aliphatic carbocycles. The van der Waals surface area contributed by atoms with Gasteiger partial charge in [0.25, 0.3) is 0 Å². The van der Waals surface area contributed by atoms with Gasteiger partial charge in [0.1, 0.15) is 0 Å². The average Bonchev–Trinajstić information content (AvgIpc) is 2.16. The predicted molar refractivity (Wildman–Crippen MR) is 54.5 cm³/mol. The number of cyclic esters (lactones) is 2. The van der Waals surface area contributed by atoms with E-state index in [0.717, 1.165) is 5.56 Å². The van der Waals surface area contributed by atoms with E-state index in [-0.39, 0.29) is 18.8 Å². The van der Waals surface area contributed by atoms with Crippen molar-refractivity contribution in [1.82, 2.24) is 0 Å². The molecule has 0 aromatic heterocycles. The lowest BCUT2D eigenvalue weighted by Gasteiger charge is -2.19. The molecule has 0 unspecified atom stereocenters. The fraction of sp³-hybridized carbons (Fsp3) is 0.273. The monoisotopic (exact) mass is 224 g/mol. The molecule has 1 fully saturated rings. The molecule has 3 nitrogen and oxygen atoms in total. The van der Waals surface area contributed by atoms with Crippen LogP contribution in [-0.4, -0.2) is 11.9 Å². The lowest BCUT2D eigenvalue weighted by atomic mass is 9.91. The Bertz CT molecular complexity index is 398. The van der Waals surface area contributed by atoms with Gasteiger partial charge in [0, 0.05) is 10.9 Å². The Labute approximate surface area is 92.0 Å². The van der Waals surface area contributed by atoms with Gasteiger partial charge in [-0.25, -0.2) is 0 Å². The first-order valence-electron chi connectivity index (χ1n) is 4.64. The molecule has 0 amide bonds. The predicted octanol–water partition coefficient (Wildman–Crippen LogP) is 2.29. The van der Waals surface area contributed by atoms with Crippen LogP contribution in [0.2, 0.25) is 5.02 Å². The first-order valence-corrected chi connectivity index (χ1v) is 5.02. The highest BCUT2D eigenvalue weighted by Crippen LogP contribution is 2.29. The topological polar surface area (TPSA) is 43.4 Å². The highest BCUT2D eigenvalue weighted by atomic mass is 35.5. The van der Waals surface area contributed by atoms with Gasteiger partial charge < -0.3 is 4.74 Å². The second-order valence-electron chi connectivity index (χ2n) is 3.51. The molecule has 1 heterocycles. The zero-order valence-corrected chi connectivity index (χ0v) is 8.66. The number of benzene rings is 1. The summed E-state index contributed by atoms with van der Waals surface area (Å²) >= 11 is 5.84. The van der Waals surface area contributed by atoms with Crippen LogP contribution in [0.25, 0.3) is 0 Å². The lowest BCUT2D eigenvalue weighted by molar-refractivity contribution is -0.163. The number of ether oxygens (including phenoxy) is 1.